The van der Waals surface area contributed by atoms with E-state index in [9.17, 15) is 17.8 Å². The summed E-state index contributed by atoms with van der Waals surface area (Å²) in [7, 11) is -2.29. The van der Waals surface area contributed by atoms with Crippen LogP contribution in [0.2, 0.25) is 0 Å². The molecule has 38 heavy (non-hydrogen) atoms. The van der Waals surface area contributed by atoms with Crippen LogP contribution in [0.1, 0.15) is 45.4 Å². The molecule has 0 radical (unpaired) electrons. The van der Waals surface area contributed by atoms with E-state index >= 15 is 0 Å². The molecule has 0 atom stereocenters. The number of hydrogen-bond donors (Lipinski definition) is 2. The van der Waals surface area contributed by atoms with Gasteiger partial charge in [0.15, 0.2) is 17.9 Å². The van der Waals surface area contributed by atoms with Crippen molar-refractivity contribution < 1.29 is 22.2 Å². The average Bonchev–Trinajstić information content (AvgIpc) is 2.88. The second-order valence-electron chi connectivity index (χ2n) is 10.1. The van der Waals surface area contributed by atoms with Crippen molar-refractivity contribution in [2.45, 2.75) is 57.5 Å². The van der Waals surface area contributed by atoms with Crippen molar-refractivity contribution in [3.63, 3.8) is 0 Å². The summed E-state index contributed by atoms with van der Waals surface area (Å²) in [6, 6.07) is 12.0. The van der Waals surface area contributed by atoms with Gasteiger partial charge in [0, 0.05) is 48.7 Å². The molecular weight excluding hydrogens is 506 g/mol. The van der Waals surface area contributed by atoms with E-state index in [4.69, 9.17) is 15.1 Å². The van der Waals surface area contributed by atoms with E-state index in [0.29, 0.717) is 42.9 Å². The molecule has 1 heterocycles. The van der Waals surface area contributed by atoms with Gasteiger partial charge in [-0.3, -0.25) is 4.79 Å². The first-order valence-corrected chi connectivity index (χ1v) is 14.8. The number of carbonyl (C=O) groups is 1. The highest BCUT2D eigenvalue weighted by Crippen LogP contribution is 2.27. The largest absolute Gasteiger partial charge is 0.748 e. The van der Waals surface area contributed by atoms with Gasteiger partial charge in [0.2, 0.25) is 11.3 Å². The SMILES string of the molecule is CCN(CCCS(=O)(=O)[O-])c1ccc2nc3ccc(=[N+](C)CCC(=O)NC4CCC(N)CC4)cc-3oc2c1. The van der Waals surface area contributed by atoms with E-state index in [1.54, 1.807) is 0 Å². The Hall–Kier alpha value is -3.02. The first kappa shape index (κ1) is 28.0. The number of aromatic nitrogens is 1. The normalized spacial score (nSPS) is 18.9. The smallest absolute Gasteiger partial charge is 0.226 e. The number of nitrogens with two attached hydrogens (primary N) is 1. The van der Waals surface area contributed by atoms with Crippen molar-refractivity contribution in [1.82, 2.24) is 14.9 Å². The molecule has 3 aliphatic rings. The van der Waals surface area contributed by atoms with Crippen LogP contribution in [0.15, 0.2) is 40.8 Å². The molecule has 206 valence electrons. The maximum Gasteiger partial charge on any atom is 0.226 e. The molecule has 2 aliphatic carbocycles. The van der Waals surface area contributed by atoms with E-state index < -0.39 is 10.1 Å². The molecule has 0 bridgehead atoms. The minimum Gasteiger partial charge on any atom is -0.748 e. The predicted molar refractivity (Wildman–Crippen MR) is 147 cm³/mol. The van der Waals surface area contributed by atoms with Gasteiger partial charge in [-0.2, -0.15) is 0 Å². The lowest BCUT2D eigenvalue weighted by molar-refractivity contribution is -0.122. The fourth-order valence-electron chi connectivity index (χ4n) is 4.90. The van der Waals surface area contributed by atoms with Crippen LogP contribution >= 0.6 is 0 Å². The van der Waals surface area contributed by atoms with Crippen LogP contribution in [0.3, 0.4) is 0 Å². The predicted octanol–water partition coefficient (Wildman–Crippen LogP) is 1.87. The number of fused-ring (bicyclic) bond motifs is 2. The van der Waals surface area contributed by atoms with E-state index in [-0.39, 0.29) is 30.2 Å². The molecule has 1 saturated carbocycles. The number of benzene rings is 2. The van der Waals surface area contributed by atoms with Crippen molar-refractivity contribution in [3.05, 3.63) is 41.8 Å². The third kappa shape index (κ3) is 7.52. The Morgan fingerprint density at radius 1 is 1.21 bits per heavy atom. The second kappa shape index (κ2) is 12.2. The summed E-state index contributed by atoms with van der Waals surface area (Å²) in [5.41, 5.74) is 8.87. The minimum absolute atomic E-state index is 0.0521. The summed E-state index contributed by atoms with van der Waals surface area (Å²) in [5.74, 6) is 0.291. The highest BCUT2D eigenvalue weighted by molar-refractivity contribution is 7.85. The molecule has 3 N–H and O–H groups in total. The number of hydrogen-bond acceptors (Lipinski definition) is 8. The van der Waals surface area contributed by atoms with E-state index in [1.165, 1.54) is 0 Å². The molecule has 10 nitrogen and oxygen atoms in total. The molecule has 0 aromatic heterocycles. The van der Waals surface area contributed by atoms with Crippen LogP contribution in [0.4, 0.5) is 5.69 Å². The number of nitrogens with zero attached hydrogens (tertiary/aromatic N) is 3. The van der Waals surface area contributed by atoms with Crippen molar-refractivity contribution >= 4 is 32.8 Å². The molecule has 11 heteroatoms. The monoisotopic (exact) mass is 543 g/mol. The number of rotatable bonds is 10. The summed E-state index contributed by atoms with van der Waals surface area (Å²) in [6.07, 6.45) is 4.45. The van der Waals surface area contributed by atoms with Crippen LogP contribution in [0.25, 0.3) is 22.6 Å². The van der Waals surface area contributed by atoms with Gasteiger partial charge in [-0.05, 0) is 57.2 Å². The second-order valence-corrected chi connectivity index (χ2v) is 11.6. The lowest BCUT2D eigenvalue weighted by Crippen LogP contribution is -2.41. The maximum absolute atomic E-state index is 12.5. The lowest BCUT2D eigenvalue weighted by atomic mass is 9.92. The molecule has 0 saturated heterocycles. The zero-order chi connectivity index (χ0) is 27.3. The van der Waals surface area contributed by atoms with Crippen molar-refractivity contribution in [2.24, 2.45) is 5.73 Å². The minimum atomic E-state index is -4.23. The number of anilines is 1. The molecule has 4 rings (SSSR count). The summed E-state index contributed by atoms with van der Waals surface area (Å²) >= 11 is 0. The van der Waals surface area contributed by atoms with E-state index in [1.807, 2.05) is 59.8 Å². The van der Waals surface area contributed by atoms with Crippen LogP contribution in [-0.2, 0) is 14.9 Å². The Morgan fingerprint density at radius 3 is 2.68 bits per heavy atom. The zero-order valence-corrected chi connectivity index (χ0v) is 22.9. The number of nitrogens with one attached hydrogen (secondary N) is 1. The topological polar surface area (TPSA) is 145 Å². The summed E-state index contributed by atoms with van der Waals surface area (Å²) in [4.78, 5) is 19.2. The third-order valence-corrected chi connectivity index (χ3v) is 7.96. The molecule has 0 spiro atoms. The van der Waals surface area contributed by atoms with E-state index in [0.717, 1.165) is 42.4 Å². The zero-order valence-electron chi connectivity index (χ0n) is 22.1. The van der Waals surface area contributed by atoms with Crippen LogP contribution in [0.5, 0.6) is 0 Å². The first-order valence-electron chi connectivity index (χ1n) is 13.2. The summed E-state index contributed by atoms with van der Waals surface area (Å²) < 4.78 is 41.1. The molecule has 1 amide bonds. The number of carbonyl (C=O) groups excluding carboxylic acids is 1. The molecule has 1 aromatic carbocycles. The lowest BCUT2D eigenvalue weighted by Gasteiger charge is -2.26. The molecule has 1 aromatic rings. The molecule has 1 aliphatic heterocycles. The van der Waals surface area contributed by atoms with Crippen LogP contribution in [0, 0.1) is 0 Å². The quantitative estimate of drug-likeness (QED) is 0.224. The van der Waals surface area contributed by atoms with Gasteiger partial charge in [-0.15, -0.1) is 0 Å². The Bertz CT molecular complexity index is 1410. The van der Waals surface area contributed by atoms with Crippen LogP contribution in [-0.4, -0.2) is 68.4 Å². The summed E-state index contributed by atoms with van der Waals surface area (Å²) in [6.45, 7) is 3.64. The van der Waals surface area contributed by atoms with Gasteiger partial charge in [0.1, 0.15) is 18.3 Å². The fourth-order valence-corrected chi connectivity index (χ4v) is 5.38. The highest BCUT2D eigenvalue weighted by atomic mass is 32.2. The third-order valence-electron chi connectivity index (χ3n) is 7.17. The van der Waals surface area contributed by atoms with Crippen molar-refractivity contribution in [1.29, 1.82) is 0 Å². The number of amides is 1. The van der Waals surface area contributed by atoms with Crippen LogP contribution < -0.4 is 25.9 Å². The Labute approximate surface area is 223 Å². The Balaban J connectivity index is 1.48. The van der Waals surface area contributed by atoms with Gasteiger partial charge in [0.05, 0.1) is 22.6 Å². The molecule has 1 fully saturated rings. The standard InChI is InChI=1S/C27H37N5O5S/c1-3-32(14-4-16-38(34,35)36)22-10-12-24-26(18-22)37-25-17-21(9-11-23(25)30-24)31(2)15-13-27(33)29-20-7-5-19(28)6-8-20/h9-12,17-20H,3-8,13-16,28H2,1-2H3,(H-,29,33,34,35,36). The molecule has 0 unspecified atom stereocenters. The first-order chi connectivity index (χ1) is 18.1. The van der Waals surface area contributed by atoms with Gasteiger partial charge in [-0.25, -0.2) is 18.0 Å². The maximum atomic E-state index is 12.5. The molecular formula is C27H37N5O5S. The van der Waals surface area contributed by atoms with Crippen molar-refractivity contribution in [2.75, 3.05) is 37.3 Å². The average molecular weight is 544 g/mol. The summed E-state index contributed by atoms with van der Waals surface area (Å²) in [5, 5.41) is 4.06. The van der Waals surface area contributed by atoms with Gasteiger partial charge in [-0.1, -0.05) is 0 Å². The van der Waals surface area contributed by atoms with Gasteiger partial charge < -0.3 is 24.9 Å². The van der Waals surface area contributed by atoms with Crippen molar-refractivity contribution in [3.8, 4) is 11.5 Å². The van der Waals surface area contributed by atoms with Gasteiger partial charge >= 0.3 is 0 Å². The highest BCUT2D eigenvalue weighted by Gasteiger charge is 2.20. The Kier molecular flexibility index (Phi) is 9.01. The van der Waals surface area contributed by atoms with E-state index in [2.05, 4.69) is 5.32 Å². The Morgan fingerprint density at radius 2 is 1.97 bits per heavy atom. The van der Waals surface area contributed by atoms with Gasteiger partial charge in [0.25, 0.3) is 0 Å². The fraction of sp³-hybridized carbons (Fsp3) is 0.519.